The van der Waals surface area contributed by atoms with Gasteiger partial charge in [-0.05, 0) is 36.4 Å². The maximum Gasteiger partial charge on any atom is 0.232 e. The van der Waals surface area contributed by atoms with Crippen LogP contribution in [0.2, 0.25) is 0 Å². The molecule has 3 aromatic rings. The van der Waals surface area contributed by atoms with Gasteiger partial charge in [-0.3, -0.25) is 9.59 Å². The third-order valence-electron chi connectivity index (χ3n) is 5.38. The van der Waals surface area contributed by atoms with Crippen LogP contribution >= 0.6 is 0 Å². The highest BCUT2D eigenvalue weighted by molar-refractivity contribution is 6.05. The molecule has 2 aromatic carbocycles. The number of nitrogens with zero attached hydrogens (tertiary/aromatic N) is 2. The van der Waals surface area contributed by atoms with Gasteiger partial charge in [0.15, 0.2) is 0 Å². The molecular weight excluding hydrogens is 396 g/mol. The molecule has 0 aliphatic carbocycles. The standard InChI is InChI=1S/C24H24N2O5/c1-29-19-10-11-21(22(14-19)30-2)26-15-17(13-23(26)27)24(28)25(16-20-9-6-12-31-20)18-7-4-3-5-8-18/h3-12,14,17H,13,15-16H2,1-2H3. The van der Waals surface area contributed by atoms with Crippen LogP contribution in [0.4, 0.5) is 11.4 Å². The van der Waals surface area contributed by atoms with Crippen molar-refractivity contribution in [1.82, 2.24) is 0 Å². The summed E-state index contributed by atoms with van der Waals surface area (Å²) in [7, 11) is 3.11. The molecule has 1 saturated heterocycles. The first kappa shape index (κ1) is 20.5. The quantitative estimate of drug-likeness (QED) is 0.580. The van der Waals surface area contributed by atoms with Gasteiger partial charge in [-0.2, -0.15) is 0 Å². The van der Waals surface area contributed by atoms with Gasteiger partial charge >= 0.3 is 0 Å². The van der Waals surface area contributed by atoms with Gasteiger partial charge in [-0.15, -0.1) is 0 Å². The molecule has 0 spiro atoms. The summed E-state index contributed by atoms with van der Waals surface area (Å²) in [6, 6.07) is 18.3. The highest BCUT2D eigenvalue weighted by Gasteiger charge is 2.38. The summed E-state index contributed by atoms with van der Waals surface area (Å²) in [5.41, 5.74) is 1.39. The smallest absolute Gasteiger partial charge is 0.232 e. The molecule has 31 heavy (non-hydrogen) atoms. The topological polar surface area (TPSA) is 72.2 Å². The lowest BCUT2D eigenvalue weighted by Crippen LogP contribution is -2.37. The lowest BCUT2D eigenvalue weighted by molar-refractivity contribution is -0.124. The lowest BCUT2D eigenvalue weighted by atomic mass is 10.1. The molecule has 1 unspecified atom stereocenters. The Morgan fingerprint density at radius 3 is 2.58 bits per heavy atom. The summed E-state index contributed by atoms with van der Waals surface area (Å²) >= 11 is 0. The summed E-state index contributed by atoms with van der Waals surface area (Å²) in [5, 5.41) is 0. The van der Waals surface area contributed by atoms with Gasteiger partial charge in [0.1, 0.15) is 17.3 Å². The van der Waals surface area contributed by atoms with E-state index in [0.29, 0.717) is 29.5 Å². The number of carbonyl (C=O) groups excluding carboxylic acids is 2. The van der Waals surface area contributed by atoms with Crippen molar-refractivity contribution in [1.29, 1.82) is 0 Å². The van der Waals surface area contributed by atoms with E-state index in [2.05, 4.69) is 0 Å². The van der Waals surface area contributed by atoms with Gasteiger partial charge in [-0.25, -0.2) is 0 Å². The SMILES string of the molecule is COc1ccc(N2CC(C(=O)N(Cc3ccco3)c3ccccc3)CC2=O)c(OC)c1. The van der Waals surface area contributed by atoms with Crippen LogP contribution in [0.5, 0.6) is 11.5 Å². The number of carbonyl (C=O) groups is 2. The minimum Gasteiger partial charge on any atom is -0.497 e. The first-order valence-electron chi connectivity index (χ1n) is 10.0. The Kier molecular flexibility index (Phi) is 5.93. The Morgan fingerprint density at radius 1 is 1.10 bits per heavy atom. The van der Waals surface area contributed by atoms with Crippen molar-refractivity contribution in [2.45, 2.75) is 13.0 Å². The summed E-state index contributed by atoms with van der Waals surface area (Å²) < 4.78 is 16.1. The number of anilines is 2. The van der Waals surface area contributed by atoms with Crippen LogP contribution in [-0.4, -0.2) is 32.6 Å². The van der Waals surface area contributed by atoms with Crippen molar-refractivity contribution in [2.75, 3.05) is 30.6 Å². The van der Waals surface area contributed by atoms with Crippen LogP contribution in [0.15, 0.2) is 71.3 Å². The van der Waals surface area contributed by atoms with Crippen LogP contribution in [-0.2, 0) is 16.1 Å². The van der Waals surface area contributed by atoms with Crippen LogP contribution in [0.3, 0.4) is 0 Å². The molecule has 1 aliphatic rings. The van der Waals surface area contributed by atoms with E-state index in [1.54, 1.807) is 54.5 Å². The fourth-order valence-corrected chi connectivity index (χ4v) is 3.80. The van der Waals surface area contributed by atoms with Crippen molar-refractivity contribution < 1.29 is 23.5 Å². The number of methoxy groups -OCH3 is 2. The fourth-order valence-electron chi connectivity index (χ4n) is 3.80. The highest BCUT2D eigenvalue weighted by Crippen LogP contribution is 2.36. The Labute approximate surface area is 180 Å². The van der Waals surface area contributed by atoms with Gasteiger partial charge < -0.3 is 23.7 Å². The molecule has 0 radical (unpaired) electrons. The van der Waals surface area contributed by atoms with Crippen molar-refractivity contribution in [3.8, 4) is 11.5 Å². The van der Waals surface area contributed by atoms with Crippen LogP contribution in [0, 0.1) is 5.92 Å². The van der Waals surface area contributed by atoms with Crippen LogP contribution in [0.1, 0.15) is 12.2 Å². The average Bonchev–Trinajstić information content (AvgIpc) is 3.46. The molecule has 7 heteroatoms. The summed E-state index contributed by atoms with van der Waals surface area (Å²) in [5.74, 6) is 1.12. The number of hydrogen-bond acceptors (Lipinski definition) is 5. The minimum absolute atomic E-state index is 0.118. The monoisotopic (exact) mass is 420 g/mol. The number of furan rings is 1. The maximum absolute atomic E-state index is 13.5. The van der Waals surface area contributed by atoms with Gasteiger partial charge in [0.25, 0.3) is 0 Å². The number of hydrogen-bond donors (Lipinski definition) is 0. The number of para-hydroxylation sites is 1. The van der Waals surface area contributed by atoms with Crippen molar-refractivity contribution in [2.24, 2.45) is 5.92 Å². The van der Waals surface area contributed by atoms with E-state index in [0.717, 1.165) is 5.69 Å². The normalized spacial score (nSPS) is 15.7. The Bertz CT molecular complexity index is 1050. The van der Waals surface area contributed by atoms with Gasteiger partial charge in [0.2, 0.25) is 11.8 Å². The van der Waals surface area contributed by atoms with E-state index < -0.39 is 5.92 Å². The molecular formula is C24H24N2O5. The molecule has 0 bridgehead atoms. The Morgan fingerprint density at radius 2 is 1.90 bits per heavy atom. The van der Waals surface area contributed by atoms with Crippen LogP contribution < -0.4 is 19.3 Å². The third kappa shape index (κ3) is 4.26. The molecule has 2 amide bonds. The Hall–Kier alpha value is -3.74. The van der Waals surface area contributed by atoms with Crippen LogP contribution in [0.25, 0.3) is 0 Å². The van der Waals surface area contributed by atoms with E-state index in [1.165, 1.54) is 0 Å². The number of amides is 2. The van der Waals surface area contributed by atoms with Gasteiger partial charge in [0, 0.05) is 24.7 Å². The van der Waals surface area contributed by atoms with E-state index >= 15 is 0 Å². The van der Waals surface area contributed by atoms with E-state index in [1.807, 2.05) is 36.4 Å². The molecule has 0 N–H and O–H groups in total. The highest BCUT2D eigenvalue weighted by atomic mass is 16.5. The molecule has 0 saturated carbocycles. The van der Waals surface area contributed by atoms with E-state index in [-0.39, 0.29) is 24.8 Å². The zero-order valence-corrected chi connectivity index (χ0v) is 17.5. The van der Waals surface area contributed by atoms with Gasteiger partial charge in [0.05, 0.1) is 38.6 Å². The predicted octanol–water partition coefficient (Wildman–Crippen LogP) is 3.88. The predicted molar refractivity (Wildman–Crippen MR) is 116 cm³/mol. The number of ether oxygens (including phenoxy) is 2. The molecule has 7 nitrogen and oxygen atoms in total. The molecule has 1 aliphatic heterocycles. The summed E-state index contributed by atoms with van der Waals surface area (Å²) in [6.07, 6.45) is 1.72. The van der Waals surface area contributed by atoms with Crippen molar-refractivity contribution in [3.63, 3.8) is 0 Å². The summed E-state index contributed by atoms with van der Waals surface area (Å²) in [6.45, 7) is 0.578. The van der Waals surface area contributed by atoms with E-state index in [4.69, 9.17) is 13.9 Å². The fraction of sp³-hybridized carbons (Fsp3) is 0.250. The zero-order chi connectivity index (χ0) is 21.8. The second kappa shape index (κ2) is 8.95. The third-order valence-corrected chi connectivity index (χ3v) is 5.38. The van der Waals surface area contributed by atoms with E-state index in [9.17, 15) is 9.59 Å². The molecule has 1 fully saturated rings. The average molecular weight is 420 g/mol. The maximum atomic E-state index is 13.5. The minimum atomic E-state index is -0.477. The lowest BCUT2D eigenvalue weighted by Gasteiger charge is -2.25. The molecule has 160 valence electrons. The second-order valence-corrected chi connectivity index (χ2v) is 7.28. The Balaban J connectivity index is 1.59. The molecule has 2 heterocycles. The summed E-state index contributed by atoms with van der Waals surface area (Å²) in [4.78, 5) is 29.6. The van der Waals surface area contributed by atoms with Gasteiger partial charge in [-0.1, -0.05) is 18.2 Å². The zero-order valence-electron chi connectivity index (χ0n) is 17.5. The first-order chi connectivity index (χ1) is 15.1. The number of rotatable bonds is 7. The van der Waals surface area contributed by atoms with Crippen molar-refractivity contribution in [3.05, 3.63) is 72.7 Å². The first-order valence-corrected chi connectivity index (χ1v) is 10.0. The largest absolute Gasteiger partial charge is 0.497 e. The molecule has 4 rings (SSSR count). The molecule has 1 atom stereocenters. The number of benzene rings is 2. The molecule has 1 aromatic heterocycles. The van der Waals surface area contributed by atoms with Crippen molar-refractivity contribution >= 4 is 23.2 Å². The second-order valence-electron chi connectivity index (χ2n) is 7.28.